The van der Waals surface area contributed by atoms with E-state index in [1.54, 1.807) is 6.07 Å². The lowest BCUT2D eigenvalue weighted by molar-refractivity contribution is -0.137. The second kappa shape index (κ2) is 3.86. The first kappa shape index (κ1) is 9.47. The number of aliphatic carboxylic acids is 1. The molecule has 5 nitrogen and oxygen atoms in total. The van der Waals surface area contributed by atoms with Gasteiger partial charge in [-0.2, -0.15) is 0 Å². The highest BCUT2D eigenvalue weighted by Crippen LogP contribution is 2.19. The van der Waals surface area contributed by atoms with Crippen LogP contribution in [0.5, 0.6) is 0 Å². The van der Waals surface area contributed by atoms with E-state index in [-0.39, 0.29) is 6.42 Å². The molecule has 1 heterocycles. The van der Waals surface area contributed by atoms with Crippen LogP contribution in [0.1, 0.15) is 18.0 Å². The topological polar surface area (TPSA) is 102 Å². The zero-order chi connectivity index (χ0) is 9.84. The van der Waals surface area contributed by atoms with Crippen molar-refractivity contribution in [3.8, 4) is 0 Å². The molecule has 5 N–H and O–H groups in total. The predicted octanol–water partition coefficient (Wildman–Crippen LogP) is 0.138. The molecule has 0 aliphatic carbocycles. The van der Waals surface area contributed by atoms with Gasteiger partial charge in [-0.05, 0) is 11.6 Å². The van der Waals surface area contributed by atoms with Crippen LogP contribution in [-0.4, -0.2) is 16.1 Å². The lowest BCUT2D eigenvalue weighted by Gasteiger charge is -2.10. The fraction of sp³-hybridized carbons (Fsp3) is 0.250. The minimum absolute atomic E-state index is 0.131. The van der Waals surface area contributed by atoms with Crippen molar-refractivity contribution < 1.29 is 9.90 Å². The highest BCUT2D eigenvalue weighted by Gasteiger charge is 2.12. The molecule has 0 aliphatic heterocycles. The summed E-state index contributed by atoms with van der Waals surface area (Å²) in [6.45, 7) is 0. The number of hydrogen-bond donors (Lipinski definition) is 3. The van der Waals surface area contributed by atoms with Gasteiger partial charge in [0.05, 0.1) is 18.3 Å². The molecule has 0 aliphatic rings. The summed E-state index contributed by atoms with van der Waals surface area (Å²) in [5.74, 6) is -0.941. The smallest absolute Gasteiger partial charge is 0.305 e. The Kier molecular flexibility index (Phi) is 2.81. The normalized spacial score (nSPS) is 12.4. The van der Waals surface area contributed by atoms with Crippen molar-refractivity contribution >= 4 is 11.7 Å². The summed E-state index contributed by atoms with van der Waals surface area (Å²) in [6, 6.07) is 1.06. The van der Waals surface area contributed by atoms with Crippen LogP contribution in [0.25, 0.3) is 0 Å². The molecule has 1 rings (SSSR count). The Labute approximate surface area is 75.4 Å². The van der Waals surface area contributed by atoms with E-state index in [1.807, 2.05) is 0 Å². The molecule has 13 heavy (non-hydrogen) atoms. The first-order valence-corrected chi connectivity index (χ1v) is 3.78. The van der Waals surface area contributed by atoms with E-state index < -0.39 is 12.0 Å². The van der Waals surface area contributed by atoms with Crippen molar-refractivity contribution in [3.05, 3.63) is 24.0 Å². The third kappa shape index (κ3) is 2.41. The number of rotatable bonds is 3. The third-order valence-corrected chi connectivity index (χ3v) is 1.68. The highest BCUT2D eigenvalue weighted by atomic mass is 16.4. The molecule has 0 saturated carbocycles. The number of nitrogen functional groups attached to an aromatic ring is 1. The summed E-state index contributed by atoms with van der Waals surface area (Å²) < 4.78 is 0. The summed E-state index contributed by atoms with van der Waals surface area (Å²) in [5.41, 5.74) is 12.2. The molecular weight excluding hydrogens is 170 g/mol. The molecule has 0 amide bonds. The van der Waals surface area contributed by atoms with E-state index in [9.17, 15) is 4.79 Å². The van der Waals surface area contributed by atoms with Gasteiger partial charge in [-0.25, -0.2) is 0 Å². The number of carboxylic acids is 1. The van der Waals surface area contributed by atoms with Crippen molar-refractivity contribution in [2.75, 3.05) is 5.73 Å². The van der Waals surface area contributed by atoms with Crippen LogP contribution in [0.2, 0.25) is 0 Å². The quantitative estimate of drug-likeness (QED) is 0.615. The van der Waals surface area contributed by atoms with E-state index in [0.29, 0.717) is 11.3 Å². The van der Waals surface area contributed by atoms with E-state index in [2.05, 4.69) is 4.98 Å². The number of hydrogen-bond acceptors (Lipinski definition) is 4. The fourth-order valence-electron chi connectivity index (χ4n) is 1.05. The molecule has 1 aromatic heterocycles. The minimum Gasteiger partial charge on any atom is -0.481 e. The Morgan fingerprint density at radius 2 is 2.38 bits per heavy atom. The molecule has 5 heteroatoms. The molecule has 70 valence electrons. The summed E-state index contributed by atoms with van der Waals surface area (Å²) in [5, 5.41) is 8.50. The summed E-state index contributed by atoms with van der Waals surface area (Å²) >= 11 is 0. The molecule has 1 atom stereocenters. The number of aromatic nitrogens is 1. The maximum atomic E-state index is 10.4. The number of anilines is 1. The zero-order valence-corrected chi connectivity index (χ0v) is 6.97. The second-order valence-corrected chi connectivity index (χ2v) is 2.71. The van der Waals surface area contributed by atoms with Crippen LogP contribution in [-0.2, 0) is 4.79 Å². The van der Waals surface area contributed by atoms with Crippen molar-refractivity contribution in [1.82, 2.24) is 4.98 Å². The standard InChI is InChI=1S/C8H11N3O2/c9-6(3-8(12)13)5-1-2-11-4-7(5)10/h1-2,4,6H,3,9-10H2,(H,12,13)/t6-/m0/s1. The van der Waals surface area contributed by atoms with Crippen LogP contribution < -0.4 is 11.5 Å². The Bertz CT molecular complexity index is 314. The number of carboxylic acid groups (broad SMARTS) is 1. The number of nitrogens with zero attached hydrogens (tertiary/aromatic N) is 1. The molecular formula is C8H11N3O2. The van der Waals surface area contributed by atoms with Gasteiger partial charge in [0.15, 0.2) is 0 Å². The van der Waals surface area contributed by atoms with Crippen molar-refractivity contribution in [3.63, 3.8) is 0 Å². The van der Waals surface area contributed by atoms with Crippen molar-refractivity contribution in [1.29, 1.82) is 0 Å². The largest absolute Gasteiger partial charge is 0.481 e. The van der Waals surface area contributed by atoms with Gasteiger partial charge in [0.25, 0.3) is 0 Å². The van der Waals surface area contributed by atoms with E-state index in [1.165, 1.54) is 12.4 Å². The first-order valence-electron chi connectivity index (χ1n) is 3.78. The summed E-state index contributed by atoms with van der Waals surface area (Å²) in [4.78, 5) is 14.1. The van der Waals surface area contributed by atoms with E-state index in [0.717, 1.165) is 0 Å². The van der Waals surface area contributed by atoms with Crippen LogP contribution >= 0.6 is 0 Å². The molecule has 0 bridgehead atoms. The summed E-state index contributed by atoms with van der Waals surface area (Å²) in [7, 11) is 0. The van der Waals surface area contributed by atoms with Crippen LogP contribution in [0.15, 0.2) is 18.5 Å². The molecule has 0 spiro atoms. The van der Waals surface area contributed by atoms with Gasteiger partial charge in [-0.15, -0.1) is 0 Å². The lowest BCUT2D eigenvalue weighted by Crippen LogP contribution is -2.16. The van der Waals surface area contributed by atoms with E-state index in [4.69, 9.17) is 16.6 Å². The Morgan fingerprint density at radius 1 is 1.69 bits per heavy atom. The van der Waals surface area contributed by atoms with Crippen LogP contribution in [0, 0.1) is 0 Å². The zero-order valence-electron chi connectivity index (χ0n) is 6.97. The lowest BCUT2D eigenvalue weighted by atomic mass is 10.1. The van der Waals surface area contributed by atoms with Gasteiger partial charge in [0.2, 0.25) is 0 Å². The fourth-order valence-corrected chi connectivity index (χ4v) is 1.05. The molecule has 0 saturated heterocycles. The maximum Gasteiger partial charge on any atom is 0.305 e. The van der Waals surface area contributed by atoms with Crippen molar-refractivity contribution in [2.45, 2.75) is 12.5 Å². The predicted molar refractivity (Wildman–Crippen MR) is 47.8 cm³/mol. The number of nitrogens with two attached hydrogens (primary N) is 2. The minimum atomic E-state index is -0.941. The molecule has 0 aromatic carbocycles. The molecule has 1 aromatic rings. The van der Waals surface area contributed by atoms with Crippen LogP contribution in [0.3, 0.4) is 0 Å². The molecule has 0 unspecified atom stereocenters. The molecule has 0 fully saturated rings. The maximum absolute atomic E-state index is 10.4. The molecule has 0 radical (unpaired) electrons. The average Bonchev–Trinajstić information content (AvgIpc) is 2.03. The Balaban J connectivity index is 2.82. The van der Waals surface area contributed by atoms with Gasteiger partial charge in [-0.1, -0.05) is 0 Å². The Morgan fingerprint density at radius 3 is 2.92 bits per heavy atom. The van der Waals surface area contributed by atoms with Crippen LogP contribution in [0.4, 0.5) is 5.69 Å². The summed E-state index contributed by atoms with van der Waals surface area (Å²) in [6.07, 6.45) is 2.86. The SMILES string of the molecule is Nc1cnccc1[C@@H](N)CC(=O)O. The van der Waals surface area contributed by atoms with Gasteiger partial charge in [-0.3, -0.25) is 9.78 Å². The third-order valence-electron chi connectivity index (χ3n) is 1.68. The number of carbonyl (C=O) groups is 1. The van der Waals surface area contributed by atoms with Gasteiger partial charge in [0, 0.05) is 12.2 Å². The van der Waals surface area contributed by atoms with Gasteiger partial charge >= 0.3 is 5.97 Å². The highest BCUT2D eigenvalue weighted by molar-refractivity contribution is 5.68. The van der Waals surface area contributed by atoms with Crippen molar-refractivity contribution in [2.24, 2.45) is 5.73 Å². The first-order chi connectivity index (χ1) is 6.11. The van der Waals surface area contributed by atoms with E-state index >= 15 is 0 Å². The monoisotopic (exact) mass is 181 g/mol. The second-order valence-electron chi connectivity index (χ2n) is 2.71. The average molecular weight is 181 g/mol. The Hall–Kier alpha value is -1.62. The number of pyridine rings is 1. The van der Waals surface area contributed by atoms with Gasteiger partial charge < -0.3 is 16.6 Å². The van der Waals surface area contributed by atoms with Gasteiger partial charge in [0.1, 0.15) is 0 Å².